The van der Waals surface area contributed by atoms with Crippen LogP contribution in [0.15, 0.2) is 35.3 Å². The number of carboxylic acid groups (broad SMARTS) is 2. The Hall–Kier alpha value is -7.64. The van der Waals surface area contributed by atoms with Crippen molar-refractivity contribution in [2.45, 2.75) is 119 Å². The molecule has 0 aliphatic carbocycles. The van der Waals surface area contributed by atoms with Gasteiger partial charge in [0.05, 0.1) is 32.2 Å². The molecule has 0 radical (unpaired) electrons. The van der Waals surface area contributed by atoms with Gasteiger partial charge in [0.25, 0.3) is 0 Å². The van der Waals surface area contributed by atoms with E-state index in [1.807, 2.05) is 0 Å². The van der Waals surface area contributed by atoms with Gasteiger partial charge in [0, 0.05) is 19.4 Å². The van der Waals surface area contributed by atoms with Gasteiger partial charge in [-0.2, -0.15) is 11.8 Å². The highest BCUT2D eigenvalue weighted by Gasteiger charge is 2.35. The van der Waals surface area contributed by atoms with Crippen molar-refractivity contribution in [2.24, 2.45) is 22.2 Å². The largest absolute Gasteiger partial charge is 0.481 e. The third-order valence-electron chi connectivity index (χ3n) is 11.2. The summed E-state index contributed by atoms with van der Waals surface area (Å²) in [5, 5.41) is 63.2. The number of nitrogens with two attached hydrogens (primary N) is 3. The van der Waals surface area contributed by atoms with Gasteiger partial charge in [0.15, 0.2) is 5.96 Å². The molecule has 1 heterocycles. The number of nitrogens with one attached hydrogen (secondary N) is 10. The number of amides is 10. The molecule has 0 bridgehead atoms. The Labute approximate surface area is 440 Å². The van der Waals surface area contributed by atoms with Crippen molar-refractivity contribution in [1.82, 2.24) is 53.2 Å². The molecule has 0 saturated carbocycles. The van der Waals surface area contributed by atoms with E-state index in [0.717, 1.165) is 6.42 Å². The van der Waals surface area contributed by atoms with Gasteiger partial charge in [-0.05, 0) is 69.6 Å². The zero-order chi connectivity index (χ0) is 56.9. The molecular formula is C45H70N14O16S. The van der Waals surface area contributed by atoms with Crippen LogP contribution in [0.4, 0.5) is 0 Å². The van der Waals surface area contributed by atoms with Crippen LogP contribution in [0.5, 0.6) is 0 Å². The molecule has 30 nitrogen and oxygen atoms in total. The second-order valence-corrected chi connectivity index (χ2v) is 18.3. The molecule has 1 fully saturated rings. The summed E-state index contributed by atoms with van der Waals surface area (Å²) in [5.74, 6) is -12.6. The molecular weight excluding hydrogens is 1020 g/mol. The van der Waals surface area contributed by atoms with E-state index in [-0.39, 0.29) is 38.2 Å². The number of guanidine groups is 1. The van der Waals surface area contributed by atoms with E-state index < -0.39 is 164 Å². The van der Waals surface area contributed by atoms with Crippen LogP contribution in [-0.4, -0.2) is 197 Å². The predicted octanol–water partition coefficient (Wildman–Crippen LogP) is -7.39. The Morgan fingerprint density at radius 1 is 0.671 bits per heavy atom. The Kier molecular flexibility index (Phi) is 28.9. The van der Waals surface area contributed by atoms with Gasteiger partial charge in [0.2, 0.25) is 59.1 Å². The highest BCUT2D eigenvalue weighted by atomic mass is 32.2. The number of carbonyl (C=O) groups excluding carboxylic acids is 10. The minimum absolute atomic E-state index is 0.0347. The van der Waals surface area contributed by atoms with Crippen LogP contribution in [-0.2, 0) is 64.0 Å². The van der Waals surface area contributed by atoms with E-state index in [2.05, 4.69) is 58.2 Å². The molecule has 1 aromatic carbocycles. The Balaban J connectivity index is 2.21. The third kappa shape index (κ3) is 24.1. The molecule has 1 aromatic rings. The average Bonchev–Trinajstić information content (AvgIpc) is 3.92. The fraction of sp³-hybridized carbons (Fsp3) is 0.578. The number of aliphatic imine (C=N–C) groups is 1. The number of benzene rings is 1. The summed E-state index contributed by atoms with van der Waals surface area (Å²) in [4.78, 5) is 158. The number of aliphatic carboxylic acids is 2. The van der Waals surface area contributed by atoms with Gasteiger partial charge in [-0.3, -0.25) is 57.7 Å². The second-order valence-electron chi connectivity index (χ2n) is 17.3. The van der Waals surface area contributed by atoms with Gasteiger partial charge < -0.3 is 90.8 Å². The number of nitrogens with zero attached hydrogens (tertiary/aromatic N) is 1. The zero-order valence-corrected chi connectivity index (χ0v) is 42.8. The van der Waals surface area contributed by atoms with E-state index in [4.69, 9.17) is 17.2 Å². The van der Waals surface area contributed by atoms with Gasteiger partial charge in [-0.1, -0.05) is 30.3 Å². The molecule has 20 N–H and O–H groups in total. The van der Waals surface area contributed by atoms with Crippen LogP contribution >= 0.6 is 11.8 Å². The quantitative estimate of drug-likeness (QED) is 0.0171. The summed E-state index contributed by atoms with van der Waals surface area (Å²) in [6.45, 7) is -0.745. The van der Waals surface area contributed by atoms with Gasteiger partial charge in [0.1, 0.15) is 48.3 Å². The lowest BCUT2D eigenvalue weighted by molar-refractivity contribution is -0.144. The SMILES string of the molecule is CSCCC(NC(=O)C(CO)NC(=O)C1CCCN1)C(=O)NC(C)C(=O)NCC(=O)NC(CCCN=C(N)N)C(=O)NC(CO)C(=O)NC(Cc1ccccc1)C(=O)NC(CC(=O)O)C(=O)NC(CCC(N)=O)C(=O)O. The van der Waals surface area contributed by atoms with Crippen molar-refractivity contribution >= 4 is 88.7 Å². The number of primary amides is 1. The smallest absolute Gasteiger partial charge is 0.326 e. The van der Waals surface area contributed by atoms with Crippen LogP contribution in [0, 0.1) is 0 Å². The van der Waals surface area contributed by atoms with Gasteiger partial charge in [-0.25, -0.2) is 4.79 Å². The van der Waals surface area contributed by atoms with Crippen molar-refractivity contribution in [2.75, 3.05) is 44.9 Å². The predicted molar refractivity (Wildman–Crippen MR) is 271 cm³/mol. The molecule has 422 valence electrons. The Morgan fingerprint density at radius 3 is 1.78 bits per heavy atom. The standard InChI is InChI=1S/C45H70N14O16S/c1-23(52-38(68)27(14-17-76-2)54-42(72)31(21-60)58-37(67)25-10-6-15-49-25)36(66)51-20-34(63)53-26(11-7-16-50-45(47)48)39(69)59-32(22-61)43(73)56-29(18-24-8-4-3-5-9-24)40(70)57-30(19-35(64)65)41(71)55-28(44(74)75)12-13-33(46)62/h3-5,8-9,23,25-32,49,60-61H,6-7,10-22H2,1-2H3,(H2,46,62)(H,51,66)(H,52,68)(H,53,63)(H,54,72)(H,55,71)(H,56,73)(H,57,70)(H,58,67)(H,59,69)(H,64,65)(H,74,75)(H4,47,48,50). The van der Waals surface area contributed by atoms with Crippen molar-refractivity contribution in [3.8, 4) is 0 Å². The van der Waals surface area contributed by atoms with Crippen LogP contribution in [0.25, 0.3) is 0 Å². The van der Waals surface area contributed by atoms with E-state index in [0.29, 0.717) is 24.3 Å². The molecule has 10 amide bonds. The van der Waals surface area contributed by atoms with Crippen molar-refractivity contribution in [3.63, 3.8) is 0 Å². The van der Waals surface area contributed by atoms with Crippen LogP contribution in [0.2, 0.25) is 0 Å². The maximum atomic E-state index is 13.8. The van der Waals surface area contributed by atoms with Crippen molar-refractivity contribution < 1.29 is 78.0 Å². The monoisotopic (exact) mass is 1090 g/mol. The average molecular weight is 1100 g/mol. The van der Waals surface area contributed by atoms with Gasteiger partial charge >= 0.3 is 11.9 Å². The number of thioether (sulfide) groups is 1. The minimum atomic E-state index is -1.92. The first-order valence-corrected chi connectivity index (χ1v) is 25.3. The molecule has 1 aliphatic rings. The lowest BCUT2D eigenvalue weighted by atomic mass is 10.0. The highest BCUT2D eigenvalue weighted by Crippen LogP contribution is 2.09. The maximum Gasteiger partial charge on any atom is 0.326 e. The molecule has 76 heavy (non-hydrogen) atoms. The molecule has 9 unspecified atom stereocenters. The molecule has 31 heteroatoms. The number of hydrogen-bond acceptors (Lipinski definition) is 17. The zero-order valence-electron chi connectivity index (χ0n) is 42.0. The van der Waals surface area contributed by atoms with E-state index in [1.165, 1.54) is 18.7 Å². The van der Waals surface area contributed by atoms with E-state index >= 15 is 0 Å². The highest BCUT2D eigenvalue weighted by molar-refractivity contribution is 7.98. The van der Waals surface area contributed by atoms with E-state index in [9.17, 15) is 78.0 Å². The second kappa shape index (κ2) is 34.0. The Bertz CT molecular complexity index is 2220. The number of hydrogen-bond donors (Lipinski definition) is 17. The molecule has 1 aliphatic heterocycles. The minimum Gasteiger partial charge on any atom is -0.481 e. The van der Waals surface area contributed by atoms with Crippen LogP contribution < -0.4 is 70.4 Å². The fourth-order valence-electron chi connectivity index (χ4n) is 7.14. The van der Waals surface area contributed by atoms with Crippen LogP contribution in [0.3, 0.4) is 0 Å². The number of aliphatic hydroxyl groups excluding tert-OH is 2. The first-order chi connectivity index (χ1) is 36.0. The number of carboxylic acids is 2. The third-order valence-corrected chi connectivity index (χ3v) is 11.9. The van der Waals surface area contributed by atoms with Gasteiger partial charge in [-0.15, -0.1) is 0 Å². The summed E-state index contributed by atoms with van der Waals surface area (Å²) in [6, 6.07) is -5.06. The molecule has 9 atom stereocenters. The lowest BCUT2D eigenvalue weighted by Gasteiger charge is -2.26. The van der Waals surface area contributed by atoms with Crippen molar-refractivity contribution in [1.29, 1.82) is 0 Å². The first kappa shape index (κ1) is 64.5. The first-order valence-electron chi connectivity index (χ1n) is 24.0. The summed E-state index contributed by atoms with van der Waals surface area (Å²) >= 11 is 1.36. The number of carbonyl (C=O) groups is 12. The topological polar surface area (TPSA) is 496 Å². The summed E-state index contributed by atoms with van der Waals surface area (Å²) < 4.78 is 0. The summed E-state index contributed by atoms with van der Waals surface area (Å²) in [5.41, 5.74) is 16.3. The molecule has 1 saturated heterocycles. The fourth-order valence-corrected chi connectivity index (χ4v) is 7.61. The summed E-state index contributed by atoms with van der Waals surface area (Å²) in [7, 11) is 0. The van der Waals surface area contributed by atoms with Crippen molar-refractivity contribution in [3.05, 3.63) is 35.9 Å². The molecule has 0 spiro atoms. The Morgan fingerprint density at radius 2 is 1.21 bits per heavy atom. The summed E-state index contributed by atoms with van der Waals surface area (Å²) in [6.07, 6.45) is 0.711. The lowest BCUT2D eigenvalue weighted by Crippen LogP contribution is -2.60. The maximum absolute atomic E-state index is 13.8. The molecule has 0 aromatic heterocycles. The normalized spacial score (nSPS) is 15.9. The molecule has 2 rings (SSSR count). The number of rotatable bonds is 35. The van der Waals surface area contributed by atoms with E-state index in [1.54, 1.807) is 36.6 Å². The van der Waals surface area contributed by atoms with Crippen LogP contribution in [0.1, 0.15) is 63.9 Å². The number of aliphatic hydroxyl groups is 2.